The monoisotopic (exact) mass is 516 g/mol. The Morgan fingerprint density at radius 2 is 1.80 bits per heavy atom. The molecule has 2 heterocycles. The summed E-state index contributed by atoms with van der Waals surface area (Å²) in [6, 6.07) is 14.9. The molecular weight excluding hydrogens is 479 g/mol. The van der Waals surface area contributed by atoms with Crippen LogP contribution in [0.1, 0.15) is 57.1 Å². The van der Waals surface area contributed by atoms with Gasteiger partial charge in [0.15, 0.2) is 0 Å². The van der Waals surface area contributed by atoms with E-state index in [9.17, 15) is 4.79 Å². The minimum atomic E-state index is -0.834. The van der Waals surface area contributed by atoms with E-state index in [1.165, 1.54) is 12.8 Å². The van der Waals surface area contributed by atoms with Gasteiger partial charge in [0, 0.05) is 35.1 Å². The average Bonchev–Trinajstić information content (AvgIpc) is 3.40. The van der Waals surface area contributed by atoms with Gasteiger partial charge < -0.3 is 21.3 Å². The normalized spacial score (nSPS) is 27.3. The largest absolute Gasteiger partial charge is 0.353 e. The Hall–Kier alpha value is -1.63. The van der Waals surface area contributed by atoms with Crippen molar-refractivity contribution >= 4 is 29.1 Å². The van der Waals surface area contributed by atoms with Crippen LogP contribution in [-0.4, -0.2) is 49.1 Å². The Morgan fingerprint density at radius 1 is 1.11 bits per heavy atom. The summed E-state index contributed by atoms with van der Waals surface area (Å²) in [6.07, 6.45) is 3.28. The van der Waals surface area contributed by atoms with E-state index in [0.717, 1.165) is 37.2 Å². The summed E-state index contributed by atoms with van der Waals surface area (Å²) in [6.45, 7) is 10.3. The van der Waals surface area contributed by atoms with Gasteiger partial charge in [-0.25, -0.2) is 0 Å². The maximum atomic E-state index is 13.7. The first-order valence-corrected chi connectivity index (χ1v) is 13.4. The Kier molecular flexibility index (Phi) is 8.14. The molecule has 190 valence electrons. The zero-order valence-corrected chi connectivity index (χ0v) is 22.5. The lowest BCUT2D eigenvalue weighted by Gasteiger charge is -2.39. The Bertz CT molecular complexity index is 1020. The fourth-order valence-electron chi connectivity index (χ4n) is 5.75. The number of nitrogens with two attached hydrogens (primary N) is 1. The van der Waals surface area contributed by atoms with E-state index in [4.69, 9.17) is 28.9 Å². The van der Waals surface area contributed by atoms with Crippen molar-refractivity contribution in [1.82, 2.24) is 15.5 Å². The second-order valence-corrected chi connectivity index (χ2v) is 12.1. The summed E-state index contributed by atoms with van der Waals surface area (Å²) < 4.78 is 0. The van der Waals surface area contributed by atoms with E-state index < -0.39 is 11.6 Å². The molecule has 5 nitrogen and oxygen atoms in total. The van der Waals surface area contributed by atoms with Crippen LogP contribution in [0.3, 0.4) is 0 Å². The van der Waals surface area contributed by atoms with Crippen molar-refractivity contribution in [1.29, 1.82) is 0 Å². The highest BCUT2D eigenvalue weighted by atomic mass is 35.5. The maximum absolute atomic E-state index is 13.7. The molecule has 0 bridgehead atoms. The standard InChI is InChI=1S/C28H38Cl2N4O/c1-27(2,3)18-23-28(31,20-9-11-21(29)12-10-20)24(19-7-6-8-22(30)17-19)25(33-23)26(35)32-13-16-34-14-4-5-15-34/h6-12,17,23-25,33H,4-5,13-16,18,31H2,1-3H3,(H,32,35)/t23-,24-,25+,28+/m0/s1. The zero-order valence-electron chi connectivity index (χ0n) is 21.0. The smallest absolute Gasteiger partial charge is 0.237 e. The number of carbonyl (C=O) groups excluding carboxylic acids is 1. The van der Waals surface area contributed by atoms with Gasteiger partial charge in [0.2, 0.25) is 5.91 Å². The van der Waals surface area contributed by atoms with Crippen LogP contribution in [0, 0.1) is 5.41 Å². The molecule has 0 radical (unpaired) electrons. The van der Waals surface area contributed by atoms with Crippen LogP contribution >= 0.6 is 23.2 Å². The summed E-state index contributed by atoms with van der Waals surface area (Å²) >= 11 is 12.7. The topological polar surface area (TPSA) is 70.4 Å². The average molecular weight is 518 g/mol. The van der Waals surface area contributed by atoms with E-state index in [0.29, 0.717) is 16.6 Å². The molecule has 1 amide bonds. The number of hydrogen-bond donors (Lipinski definition) is 3. The molecule has 2 saturated heterocycles. The van der Waals surface area contributed by atoms with Crippen molar-refractivity contribution in [3.8, 4) is 0 Å². The fourth-order valence-corrected chi connectivity index (χ4v) is 6.08. The van der Waals surface area contributed by atoms with E-state index in [-0.39, 0.29) is 23.3 Å². The van der Waals surface area contributed by atoms with E-state index in [1.807, 2.05) is 48.5 Å². The van der Waals surface area contributed by atoms with Gasteiger partial charge >= 0.3 is 0 Å². The highest BCUT2D eigenvalue weighted by molar-refractivity contribution is 6.30. The van der Waals surface area contributed by atoms with Gasteiger partial charge in [-0.2, -0.15) is 0 Å². The van der Waals surface area contributed by atoms with Gasteiger partial charge in [0.05, 0.1) is 11.6 Å². The minimum absolute atomic E-state index is 0.00865. The fraction of sp³-hybridized carbons (Fsp3) is 0.536. The first-order chi connectivity index (χ1) is 16.6. The second kappa shape index (κ2) is 10.8. The van der Waals surface area contributed by atoms with Gasteiger partial charge in [-0.1, -0.05) is 68.2 Å². The van der Waals surface area contributed by atoms with Crippen molar-refractivity contribution in [2.24, 2.45) is 11.1 Å². The number of halogens is 2. The molecule has 0 aromatic heterocycles. The van der Waals surface area contributed by atoms with E-state index >= 15 is 0 Å². The van der Waals surface area contributed by atoms with Crippen LogP contribution in [0.2, 0.25) is 10.0 Å². The van der Waals surface area contributed by atoms with Crippen LogP contribution in [0.15, 0.2) is 48.5 Å². The minimum Gasteiger partial charge on any atom is -0.353 e. The third kappa shape index (κ3) is 6.03. The molecule has 2 aliphatic heterocycles. The third-order valence-electron chi connectivity index (χ3n) is 7.38. The van der Waals surface area contributed by atoms with Crippen LogP contribution < -0.4 is 16.4 Å². The number of nitrogens with one attached hydrogen (secondary N) is 2. The Morgan fingerprint density at radius 3 is 2.43 bits per heavy atom. The molecule has 2 aromatic rings. The molecule has 2 aliphatic rings. The lowest BCUT2D eigenvalue weighted by Crippen LogP contribution is -2.51. The van der Waals surface area contributed by atoms with Gasteiger partial charge in [-0.05, 0) is 73.2 Å². The molecule has 2 aromatic carbocycles. The number of carbonyl (C=O) groups is 1. The third-order valence-corrected chi connectivity index (χ3v) is 7.87. The molecular formula is C28H38Cl2N4O. The second-order valence-electron chi connectivity index (χ2n) is 11.3. The number of amides is 1. The van der Waals surface area contributed by atoms with E-state index in [2.05, 4.69) is 36.3 Å². The van der Waals surface area contributed by atoms with Crippen LogP contribution in [0.25, 0.3) is 0 Å². The van der Waals surface area contributed by atoms with Crippen molar-refractivity contribution in [3.05, 3.63) is 69.7 Å². The predicted octanol–water partition coefficient (Wildman–Crippen LogP) is 4.92. The van der Waals surface area contributed by atoms with Gasteiger partial charge in [0.25, 0.3) is 0 Å². The quantitative estimate of drug-likeness (QED) is 0.488. The van der Waals surface area contributed by atoms with Crippen molar-refractivity contribution in [2.75, 3.05) is 26.2 Å². The van der Waals surface area contributed by atoms with Gasteiger partial charge in [-0.15, -0.1) is 0 Å². The number of benzene rings is 2. The summed E-state index contributed by atoms with van der Waals surface area (Å²) in [7, 11) is 0. The Labute approximate surface area is 219 Å². The number of likely N-dealkylation sites (tertiary alicyclic amines) is 1. The summed E-state index contributed by atoms with van der Waals surface area (Å²) in [5.41, 5.74) is 8.52. The maximum Gasteiger partial charge on any atom is 0.237 e. The van der Waals surface area contributed by atoms with Crippen molar-refractivity contribution in [3.63, 3.8) is 0 Å². The lowest BCUT2D eigenvalue weighted by atomic mass is 9.68. The lowest BCUT2D eigenvalue weighted by molar-refractivity contribution is -0.123. The van der Waals surface area contributed by atoms with E-state index in [1.54, 1.807) is 0 Å². The molecule has 35 heavy (non-hydrogen) atoms. The number of rotatable bonds is 7. The molecule has 4 rings (SSSR count). The molecule has 4 N–H and O–H groups in total. The summed E-state index contributed by atoms with van der Waals surface area (Å²) in [5.74, 6) is -0.323. The number of hydrogen-bond acceptors (Lipinski definition) is 4. The molecule has 7 heteroatoms. The number of nitrogens with zero attached hydrogens (tertiary/aromatic N) is 1. The highest BCUT2D eigenvalue weighted by Gasteiger charge is 2.56. The first-order valence-electron chi connectivity index (χ1n) is 12.6. The molecule has 0 aliphatic carbocycles. The Balaban J connectivity index is 1.71. The first kappa shape index (κ1) is 26.4. The van der Waals surface area contributed by atoms with Crippen molar-refractivity contribution in [2.45, 2.75) is 63.6 Å². The van der Waals surface area contributed by atoms with Gasteiger partial charge in [0.1, 0.15) is 0 Å². The predicted molar refractivity (Wildman–Crippen MR) is 145 cm³/mol. The van der Waals surface area contributed by atoms with Crippen molar-refractivity contribution < 1.29 is 4.79 Å². The van der Waals surface area contributed by atoms with Gasteiger partial charge in [-0.3, -0.25) is 4.79 Å². The SMILES string of the molecule is CC(C)(C)C[C@@H]1N[C@@H](C(=O)NCCN2CCCC2)[C@H](c2cccc(Cl)c2)[C@@]1(N)c1ccc(Cl)cc1. The molecule has 0 saturated carbocycles. The van der Waals surface area contributed by atoms with Crippen LogP contribution in [-0.2, 0) is 10.3 Å². The summed E-state index contributed by atoms with van der Waals surface area (Å²) in [5, 5.41) is 8.16. The van der Waals surface area contributed by atoms with Crippen LogP contribution in [0.5, 0.6) is 0 Å². The molecule has 0 unspecified atom stereocenters. The van der Waals surface area contributed by atoms with Crippen LogP contribution in [0.4, 0.5) is 0 Å². The molecule has 2 fully saturated rings. The molecule has 4 atom stereocenters. The highest BCUT2D eigenvalue weighted by Crippen LogP contribution is 2.48. The summed E-state index contributed by atoms with van der Waals surface area (Å²) in [4.78, 5) is 16.1. The molecule has 0 spiro atoms. The zero-order chi connectivity index (χ0) is 25.2.